The molecule has 0 aliphatic rings. The zero-order valence-corrected chi connectivity index (χ0v) is 14.4. The fourth-order valence-corrected chi connectivity index (χ4v) is 3.81. The summed E-state index contributed by atoms with van der Waals surface area (Å²) in [5.41, 5.74) is -0.00866. The van der Waals surface area contributed by atoms with Crippen molar-refractivity contribution in [3.8, 4) is 6.07 Å². The molecule has 0 aliphatic carbocycles. The summed E-state index contributed by atoms with van der Waals surface area (Å²) >= 11 is 13.4. The van der Waals surface area contributed by atoms with Crippen LogP contribution in [0, 0.1) is 17.1 Å². The van der Waals surface area contributed by atoms with Crippen LogP contribution in [0.15, 0.2) is 32.5 Å². The van der Waals surface area contributed by atoms with Crippen LogP contribution in [-0.4, -0.2) is 5.78 Å². The second-order valence-electron chi connectivity index (χ2n) is 3.80. The number of ketones is 1. The van der Waals surface area contributed by atoms with Gasteiger partial charge in [-0.15, -0.1) is 11.3 Å². The Morgan fingerprint density at radius 3 is 2.70 bits per heavy atom. The number of benzene rings is 1. The van der Waals surface area contributed by atoms with Gasteiger partial charge in [-0.25, -0.2) is 4.39 Å². The van der Waals surface area contributed by atoms with Crippen molar-refractivity contribution in [2.45, 2.75) is 5.92 Å². The second-order valence-corrected chi connectivity index (χ2v) is 7.43. The summed E-state index contributed by atoms with van der Waals surface area (Å²) in [6, 6.07) is 7.72. The van der Waals surface area contributed by atoms with Crippen molar-refractivity contribution in [3.63, 3.8) is 0 Å². The maximum absolute atomic E-state index is 13.9. The first-order chi connectivity index (χ1) is 9.45. The second kappa shape index (κ2) is 6.35. The molecule has 1 aromatic heterocycles. The molecule has 20 heavy (non-hydrogen) atoms. The minimum Gasteiger partial charge on any atom is -0.291 e. The summed E-state index contributed by atoms with van der Waals surface area (Å²) < 4.78 is 15.4. The molecule has 1 unspecified atom stereocenters. The Balaban J connectivity index is 2.45. The van der Waals surface area contributed by atoms with E-state index in [-0.39, 0.29) is 10.6 Å². The quantitative estimate of drug-likeness (QED) is 0.590. The van der Waals surface area contributed by atoms with Gasteiger partial charge < -0.3 is 0 Å². The number of nitriles is 1. The monoisotopic (exact) mass is 435 g/mol. The number of nitrogens with zero attached hydrogens (tertiary/aromatic N) is 1. The Kier molecular flexibility index (Phi) is 4.97. The molecule has 2 rings (SSSR count). The Hall–Kier alpha value is -0.740. The van der Waals surface area contributed by atoms with Gasteiger partial charge >= 0.3 is 0 Å². The molecule has 1 atom stereocenters. The molecule has 2 nitrogen and oxygen atoms in total. The first-order valence-electron chi connectivity index (χ1n) is 5.28. The molecule has 102 valence electrons. The van der Waals surface area contributed by atoms with E-state index >= 15 is 0 Å². The van der Waals surface area contributed by atoms with Crippen molar-refractivity contribution in [2.75, 3.05) is 0 Å². The van der Waals surface area contributed by atoms with Gasteiger partial charge in [-0.05, 0) is 44.0 Å². The molecule has 0 aliphatic heterocycles. The molecule has 0 amide bonds. The van der Waals surface area contributed by atoms with Crippen LogP contribution in [-0.2, 0) is 0 Å². The van der Waals surface area contributed by atoms with Gasteiger partial charge in [0, 0.05) is 10.0 Å². The van der Waals surface area contributed by atoms with Crippen LogP contribution in [0.1, 0.15) is 21.2 Å². The third-order valence-corrected chi connectivity index (χ3v) is 6.13. The number of hydrogen-bond acceptors (Lipinski definition) is 3. The molecule has 1 heterocycles. The van der Waals surface area contributed by atoms with E-state index in [1.807, 2.05) is 6.07 Å². The van der Waals surface area contributed by atoms with Crippen molar-refractivity contribution in [2.24, 2.45) is 0 Å². The normalized spacial score (nSPS) is 11.9. The molecule has 0 fully saturated rings. The zero-order chi connectivity index (χ0) is 14.9. The summed E-state index contributed by atoms with van der Waals surface area (Å²) in [5.74, 6) is -2.40. The van der Waals surface area contributed by atoms with E-state index in [1.54, 1.807) is 6.07 Å². The van der Waals surface area contributed by atoms with Crippen molar-refractivity contribution < 1.29 is 9.18 Å². The maximum atomic E-state index is 13.9. The Morgan fingerprint density at radius 2 is 2.15 bits per heavy atom. The van der Waals surface area contributed by atoms with E-state index in [0.29, 0.717) is 9.35 Å². The fourth-order valence-electron chi connectivity index (χ4n) is 1.62. The van der Waals surface area contributed by atoms with E-state index in [1.165, 1.54) is 29.5 Å². The predicted molar refractivity (Wildman–Crippen MR) is 83.8 cm³/mol. The fraction of sp³-hybridized carbons (Fsp3) is 0.0769. The average molecular weight is 438 g/mol. The maximum Gasteiger partial charge on any atom is 0.194 e. The predicted octanol–water partition coefficient (Wildman–Crippen LogP) is 5.56. The van der Waals surface area contributed by atoms with Crippen LogP contribution in [0.2, 0.25) is 5.02 Å². The van der Waals surface area contributed by atoms with Crippen molar-refractivity contribution in [3.05, 3.63) is 53.8 Å². The van der Waals surface area contributed by atoms with Gasteiger partial charge in [-0.1, -0.05) is 23.7 Å². The van der Waals surface area contributed by atoms with Crippen LogP contribution >= 0.6 is 54.8 Å². The Morgan fingerprint density at radius 1 is 1.45 bits per heavy atom. The number of rotatable bonds is 3. The Labute approximate surface area is 140 Å². The average Bonchev–Trinajstić information content (AvgIpc) is 2.75. The third-order valence-electron chi connectivity index (χ3n) is 2.57. The zero-order valence-electron chi connectivity index (χ0n) is 9.66. The van der Waals surface area contributed by atoms with Gasteiger partial charge in [0.1, 0.15) is 11.7 Å². The highest BCUT2D eigenvalue weighted by atomic mass is 79.9. The number of Topliss-reactive ketones (excluding diaryl/α,β-unsaturated/α-hetero) is 1. The minimum absolute atomic E-state index is 0.00866. The highest BCUT2D eigenvalue weighted by Gasteiger charge is 2.27. The van der Waals surface area contributed by atoms with Crippen molar-refractivity contribution >= 4 is 60.6 Å². The number of thiophene rings is 1. The Bertz CT molecular complexity index is 706. The number of carbonyl (C=O) groups excluding carboxylic acids is 1. The lowest BCUT2D eigenvalue weighted by atomic mass is 9.95. The van der Waals surface area contributed by atoms with Gasteiger partial charge in [-0.3, -0.25) is 4.79 Å². The molecule has 0 bridgehead atoms. The van der Waals surface area contributed by atoms with Crippen molar-refractivity contribution in [1.82, 2.24) is 0 Å². The molecule has 0 saturated heterocycles. The van der Waals surface area contributed by atoms with E-state index in [0.717, 1.165) is 3.79 Å². The summed E-state index contributed by atoms with van der Waals surface area (Å²) in [6.07, 6.45) is 0. The summed E-state index contributed by atoms with van der Waals surface area (Å²) in [6.45, 7) is 0. The molecule has 0 spiro atoms. The number of carbonyl (C=O) groups is 1. The number of halogens is 4. The highest BCUT2D eigenvalue weighted by molar-refractivity contribution is 9.13. The summed E-state index contributed by atoms with van der Waals surface area (Å²) in [5, 5.41) is 9.10. The molecule has 0 radical (unpaired) electrons. The standard InChI is InChI=1S/C13H5Br2ClFNOS/c14-8-4-10(20-13(8)15)12(19)7(5-18)6-2-1-3-9(16)11(6)17/h1-4,7H. The minimum atomic E-state index is -1.22. The first kappa shape index (κ1) is 15.6. The van der Waals surface area contributed by atoms with Crippen molar-refractivity contribution in [1.29, 1.82) is 5.26 Å². The van der Waals surface area contributed by atoms with Gasteiger partial charge in [0.05, 0.1) is 19.8 Å². The van der Waals surface area contributed by atoms with Crippen LogP contribution < -0.4 is 0 Å². The van der Waals surface area contributed by atoms with Gasteiger partial charge in [0.2, 0.25) is 0 Å². The van der Waals surface area contributed by atoms with E-state index in [9.17, 15) is 14.4 Å². The molecule has 0 saturated carbocycles. The molecule has 1 aromatic carbocycles. The van der Waals surface area contributed by atoms with Crippen LogP contribution in [0.3, 0.4) is 0 Å². The lowest BCUT2D eigenvalue weighted by molar-refractivity contribution is 0.0981. The van der Waals surface area contributed by atoms with Gasteiger partial charge in [0.15, 0.2) is 5.78 Å². The highest BCUT2D eigenvalue weighted by Crippen LogP contribution is 2.35. The molecule has 2 aromatic rings. The lowest BCUT2D eigenvalue weighted by Crippen LogP contribution is -2.11. The SMILES string of the molecule is N#CC(C(=O)c1cc(Br)c(Br)s1)c1cccc(Cl)c1F. The van der Waals surface area contributed by atoms with Gasteiger partial charge in [0.25, 0.3) is 0 Å². The lowest BCUT2D eigenvalue weighted by Gasteiger charge is -2.09. The van der Waals surface area contributed by atoms with Crippen LogP contribution in [0.5, 0.6) is 0 Å². The van der Waals surface area contributed by atoms with E-state index in [2.05, 4.69) is 31.9 Å². The van der Waals surface area contributed by atoms with E-state index in [4.69, 9.17) is 11.6 Å². The first-order valence-corrected chi connectivity index (χ1v) is 8.06. The third kappa shape index (κ3) is 2.96. The topological polar surface area (TPSA) is 40.9 Å². The smallest absolute Gasteiger partial charge is 0.194 e. The van der Waals surface area contributed by atoms with Crippen LogP contribution in [0.4, 0.5) is 4.39 Å². The van der Waals surface area contributed by atoms with Crippen LogP contribution in [0.25, 0.3) is 0 Å². The number of hydrogen-bond donors (Lipinski definition) is 0. The molecule has 0 N–H and O–H groups in total. The molecular weight excluding hydrogens is 432 g/mol. The summed E-state index contributed by atoms with van der Waals surface area (Å²) in [4.78, 5) is 12.7. The molecular formula is C13H5Br2ClFNOS. The summed E-state index contributed by atoms with van der Waals surface area (Å²) in [7, 11) is 0. The van der Waals surface area contributed by atoms with E-state index < -0.39 is 17.5 Å². The molecule has 7 heteroatoms. The van der Waals surface area contributed by atoms with Gasteiger partial charge in [-0.2, -0.15) is 5.26 Å². The largest absolute Gasteiger partial charge is 0.291 e.